The minimum absolute atomic E-state index is 0.00429. The fraction of sp³-hybridized carbons (Fsp3) is 0.238. The van der Waals surface area contributed by atoms with Gasteiger partial charge in [0, 0.05) is 23.0 Å². The second-order valence-electron chi connectivity index (χ2n) is 6.58. The third-order valence-corrected chi connectivity index (χ3v) is 6.51. The molecule has 4 rings (SSSR count). The van der Waals surface area contributed by atoms with Crippen LogP contribution in [0.1, 0.15) is 17.9 Å². The van der Waals surface area contributed by atoms with Gasteiger partial charge in [-0.2, -0.15) is 5.26 Å². The van der Waals surface area contributed by atoms with Gasteiger partial charge in [0.2, 0.25) is 5.91 Å². The van der Waals surface area contributed by atoms with Crippen molar-refractivity contribution in [3.8, 4) is 11.8 Å². The van der Waals surface area contributed by atoms with E-state index in [9.17, 15) is 10.1 Å². The number of carbonyl (C=O) groups is 1. The highest BCUT2D eigenvalue weighted by molar-refractivity contribution is 8.03. The highest BCUT2D eigenvalue weighted by Gasteiger charge is 2.38. The molecule has 5 nitrogen and oxygen atoms in total. The number of hydrogen-bond donors (Lipinski definition) is 0. The number of nitriles is 1. The van der Waals surface area contributed by atoms with Gasteiger partial charge in [0.25, 0.3) is 0 Å². The first-order valence-electron chi connectivity index (χ1n) is 8.83. The number of amides is 1. The summed E-state index contributed by atoms with van der Waals surface area (Å²) in [5, 5.41) is 11.2. The summed E-state index contributed by atoms with van der Waals surface area (Å²) >= 11 is 7.86. The summed E-state index contributed by atoms with van der Waals surface area (Å²) in [6.45, 7) is 0.425. The molecule has 2 heterocycles. The van der Waals surface area contributed by atoms with Crippen molar-refractivity contribution < 1.29 is 9.53 Å². The Labute approximate surface area is 173 Å². The molecule has 0 aliphatic carbocycles. The van der Waals surface area contributed by atoms with E-state index in [1.54, 1.807) is 18.1 Å². The molecule has 1 amide bonds. The van der Waals surface area contributed by atoms with Gasteiger partial charge in [-0.1, -0.05) is 41.6 Å². The zero-order chi connectivity index (χ0) is 19.7. The van der Waals surface area contributed by atoms with Crippen LogP contribution in [0, 0.1) is 11.3 Å². The molecule has 1 fully saturated rings. The van der Waals surface area contributed by atoms with Gasteiger partial charge in [0.1, 0.15) is 5.75 Å². The number of fused-ring (bicyclic) bond motifs is 1. The van der Waals surface area contributed by atoms with Gasteiger partial charge < -0.3 is 9.64 Å². The van der Waals surface area contributed by atoms with Crippen LogP contribution in [0.5, 0.6) is 5.75 Å². The van der Waals surface area contributed by atoms with Crippen LogP contribution in [-0.2, 0) is 4.79 Å². The van der Waals surface area contributed by atoms with Gasteiger partial charge in [0.15, 0.2) is 0 Å². The molecule has 0 spiro atoms. The lowest BCUT2D eigenvalue weighted by molar-refractivity contribution is -0.129. The molecule has 142 valence electrons. The standard InChI is InChI=1S/C21H18ClN3O2S/c1-27-15-8-6-14(7-9-15)24-12-25-20(26)10-17(16-4-2-3-5-19(16)22)18(11-23)21(25)28-13-24/h2-9,17H,10,12-13H2,1H3. The van der Waals surface area contributed by atoms with Gasteiger partial charge >= 0.3 is 0 Å². The second-order valence-corrected chi connectivity index (χ2v) is 7.92. The molecule has 0 bridgehead atoms. The smallest absolute Gasteiger partial charge is 0.229 e. The molecule has 1 atom stereocenters. The fourth-order valence-corrected chi connectivity index (χ4v) is 4.98. The lowest BCUT2D eigenvalue weighted by atomic mass is 9.86. The van der Waals surface area contributed by atoms with Crippen LogP contribution in [0.4, 0.5) is 5.69 Å². The summed E-state index contributed by atoms with van der Waals surface area (Å²) in [6.07, 6.45) is 0.243. The zero-order valence-electron chi connectivity index (χ0n) is 15.3. The van der Waals surface area contributed by atoms with Crippen molar-refractivity contribution in [3.63, 3.8) is 0 Å². The quantitative estimate of drug-likeness (QED) is 0.740. The van der Waals surface area contributed by atoms with Gasteiger partial charge in [0.05, 0.1) is 36.3 Å². The number of thioether (sulfide) groups is 1. The Kier molecular flexibility index (Phi) is 5.21. The first-order chi connectivity index (χ1) is 13.6. The van der Waals surface area contributed by atoms with Crippen molar-refractivity contribution in [2.45, 2.75) is 12.3 Å². The Morgan fingerprint density at radius 2 is 1.96 bits per heavy atom. The van der Waals surface area contributed by atoms with Crippen LogP contribution in [-0.4, -0.2) is 30.5 Å². The van der Waals surface area contributed by atoms with E-state index in [2.05, 4.69) is 11.0 Å². The van der Waals surface area contributed by atoms with Crippen molar-refractivity contribution in [2.75, 3.05) is 24.6 Å². The molecule has 0 N–H and O–H groups in total. The maximum atomic E-state index is 12.9. The average molecular weight is 412 g/mol. The van der Waals surface area contributed by atoms with Crippen molar-refractivity contribution in [3.05, 3.63) is 69.7 Å². The number of ether oxygens (including phenoxy) is 1. The van der Waals surface area contributed by atoms with Gasteiger partial charge in [-0.05, 0) is 35.9 Å². The van der Waals surface area contributed by atoms with Crippen LogP contribution in [0.2, 0.25) is 5.02 Å². The van der Waals surface area contributed by atoms with E-state index in [4.69, 9.17) is 16.3 Å². The number of methoxy groups -OCH3 is 1. The summed E-state index contributed by atoms with van der Waals surface area (Å²) in [6, 6.07) is 17.5. The first-order valence-corrected chi connectivity index (χ1v) is 10.2. The number of hydrogen-bond acceptors (Lipinski definition) is 5. The topological polar surface area (TPSA) is 56.6 Å². The highest BCUT2D eigenvalue weighted by Crippen LogP contribution is 2.44. The van der Waals surface area contributed by atoms with Crippen molar-refractivity contribution in [1.82, 2.24) is 4.90 Å². The van der Waals surface area contributed by atoms with Crippen molar-refractivity contribution in [2.24, 2.45) is 0 Å². The van der Waals surface area contributed by atoms with Crippen molar-refractivity contribution >= 4 is 35.0 Å². The lowest BCUT2D eigenvalue weighted by Gasteiger charge is -2.42. The first kappa shape index (κ1) is 18.7. The largest absolute Gasteiger partial charge is 0.497 e. The Bertz CT molecular complexity index is 984. The Hall–Kier alpha value is -2.62. The van der Waals surface area contributed by atoms with Crippen LogP contribution < -0.4 is 9.64 Å². The number of anilines is 1. The van der Waals surface area contributed by atoms with Gasteiger partial charge in [-0.15, -0.1) is 0 Å². The van der Waals surface area contributed by atoms with E-state index in [-0.39, 0.29) is 18.2 Å². The summed E-state index contributed by atoms with van der Waals surface area (Å²) in [4.78, 5) is 16.8. The highest BCUT2D eigenvalue weighted by atomic mass is 35.5. The third-order valence-electron chi connectivity index (χ3n) is 5.01. The van der Waals surface area contributed by atoms with E-state index in [0.717, 1.165) is 22.0 Å². The molecule has 0 aromatic heterocycles. The average Bonchev–Trinajstić information content (AvgIpc) is 2.74. The minimum Gasteiger partial charge on any atom is -0.497 e. The Morgan fingerprint density at radius 3 is 2.64 bits per heavy atom. The Morgan fingerprint density at radius 1 is 1.21 bits per heavy atom. The molecule has 2 aliphatic rings. The van der Waals surface area contributed by atoms with E-state index in [1.807, 2.05) is 42.5 Å². The molecular weight excluding hydrogens is 394 g/mol. The van der Waals surface area contributed by atoms with E-state index in [0.29, 0.717) is 23.1 Å². The summed E-state index contributed by atoms with van der Waals surface area (Å²) in [7, 11) is 1.63. The third kappa shape index (κ3) is 3.32. The molecular formula is C21H18ClN3O2S. The molecule has 1 saturated heterocycles. The maximum absolute atomic E-state index is 12.9. The number of rotatable bonds is 3. The molecule has 28 heavy (non-hydrogen) atoms. The molecule has 0 saturated carbocycles. The van der Waals surface area contributed by atoms with Gasteiger partial charge in [-0.3, -0.25) is 9.69 Å². The number of halogens is 1. The normalized spacial score (nSPS) is 19.3. The number of carbonyl (C=O) groups excluding carboxylic acids is 1. The van der Waals surface area contributed by atoms with Crippen molar-refractivity contribution in [1.29, 1.82) is 5.26 Å². The molecule has 2 aromatic rings. The molecule has 0 radical (unpaired) electrons. The molecule has 2 aromatic carbocycles. The molecule has 1 unspecified atom stereocenters. The fourth-order valence-electron chi connectivity index (χ4n) is 3.54. The predicted octanol–water partition coefficient (Wildman–Crippen LogP) is 4.57. The van der Waals surface area contributed by atoms with E-state index < -0.39 is 0 Å². The van der Waals surface area contributed by atoms with Crippen LogP contribution >= 0.6 is 23.4 Å². The second kappa shape index (κ2) is 7.78. The minimum atomic E-state index is -0.294. The molecule has 2 aliphatic heterocycles. The Balaban J connectivity index is 1.65. The number of benzene rings is 2. The summed E-state index contributed by atoms with van der Waals surface area (Å²) < 4.78 is 5.21. The zero-order valence-corrected chi connectivity index (χ0v) is 16.8. The van der Waals surface area contributed by atoms with Crippen LogP contribution in [0.3, 0.4) is 0 Å². The maximum Gasteiger partial charge on any atom is 0.229 e. The predicted molar refractivity (Wildman–Crippen MR) is 111 cm³/mol. The number of allylic oxidation sites excluding steroid dienone is 1. The van der Waals surface area contributed by atoms with Crippen LogP contribution in [0.25, 0.3) is 0 Å². The summed E-state index contributed by atoms with van der Waals surface area (Å²) in [5.41, 5.74) is 2.46. The molecule has 7 heteroatoms. The monoisotopic (exact) mass is 411 g/mol. The van der Waals surface area contributed by atoms with Crippen LogP contribution in [0.15, 0.2) is 59.1 Å². The van der Waals surface area contributed by atoms with E-state index in [1.165, 1.54) is 11.8 Å². The summed E-state index contributed by atoms with van der Waals surface area (Å²) in [5.74, 6) is 1.16. The lowest BCUT2D eigenvalue weighted by Crippen LogP contribution is -2.47. The van der Waals surface area contributed by atoms with E-state index >= 15 is 0 Å². The SMILES string of the molecule is COc1ccc(N2CSC3=C(C#N)C(c4ccccc4Cl)CC(=O)N3C2)cc1. The van der Waals surface area contributed by atoms with Gasteiger partial charge in [-0.25, -0.2) is 0 Å². The number of nitrogens with zero attached hydrogens (tertiary/aromatic N) is 3.